The summed E-state index contributed by atoms with van der Waals surface area (Å²) in [4.78, 5) is 18.6. The van der Waals surface area contributed by atoms with Crippen molar-refractivity contribution in [2.45, 2.75) is 83.1 Å². The van der Waals surface area contributed by atoms with E-state index in [0.717, 1.165) is 22.3 Å². The number of benzene rings is 8. The molecule has 0 aliphatic heterocycles. The number of phenolic OH excluding ortho intramolecular Hbond substituents is 4. The molecule has 418 valence electrons. The first-order valence-electron chi connectivity index (χ1n) is 27.0. The van der Waals surface area contributed by atoms with Gasteiger partial charge in [-0.25, -0.2) is 0 Å². The van der Waals surface area contributed by atoms with Crippen molar-refractivity contribution in [3.05, 3.63) is 212 Å². The third-order valence-corrected chi connectivity index (χ3v) is 14.2. The number of phenols is 4. The molecule has 11 heteroatoms. The van der Waals surface area contributed by atoms with Gasteiger partial charge in [-0.05, 0) is 193 Å². The van der Waals surface area contributed by atoms with Crippen molar-refractivity contribution in [1.82, 2.24) is 0 Å². The van der Waals surface area contributed by atoms with E-state index in [0.29, 0.717) is 48.4 Å². The number of aromatic hydroxyl groups is 4. The second kappa shape index (κ2) is 28.4. The quantitative estimate of drug-likeness (QED) is 0.0704. The van der Waals surface area contributed by atoms with Gasteiger partial charge in [-0.1, -0.05) is 125 Å². The van der Waals surface area contributed by atoms with Crippen LogP contribution < -0.4 is 0 Å². The van der Waals surface area contributed by atoms with E-state index in [4.69, 9.17) is 6.80 Å². The van der Waals surface area contributed by atoms with Gasteiger partial charge in [0.05, 0.1) is 0 Å². The fourth-order valence-corrected chi connectivity index (χ4v) is 10.00. The van der Waals surface area contributed by atoms with Crippen LogP contribution in [0.2, 0.25) is 0 Å². The Morgan fingerprint density at radius 1 is 0.333 bits per heavy atom. The molecule has 81 heavy (non-hydrogen) atoms. The minimum absolute atomic E-state index is 0.202. The fourth-order valence-electron chi connectivity index (χ4n) is 10.00. The van der Waals surface area contributed by atoms with Gasteiger partial charge >= 0.3 is 25.3 Å². The Kier molecular flexibility index (Phi) is 21.8. The summed E-state index contributed by atoms with van der Waals surface area (Å²) in [6.45, 7) is 27.5. The first-order valence-corrected chi connectivity index (χ1v) is 29.4. The molecule has 0 aliphatic rings. The SMILES string of the molecule is Cc1cccc(C)c1-c1ccc(O)c(C=NCC(C)(C)CN=Cc2cc(-c3c(C)cccc3C)ccc2O)c1.Cc1cccc(C)c1-c1ccc(O)c(C=NCC(C)(C)CN=Cc2cc(-c3c(C)cccc3C)ccc2O)c1.[O]=[W]=[O]. The van der Waals surface area contributed by atoms with Gasteiger partial charge in [-0.2, -0.15) is 0 Å². The zero-order valence-corrected chi connectivity index (χ0v) is 51.7. The van der Waals surface area contributed by atoms with Gasteiger partial charge in [0.1, 0.15) is 23.0 Å². The molecule has 10 nitrogen and oxygen atoms in total. The van der Waals surface area contributed by atoms with Gasteiger partial charge in [0, 0.05) is 84.1 Å². The molecule has 0 unspecified atom stereocenters. The molecular weight excluding hydrogens is 1180 g/mol. The maximum absolute atomic E-state index is 10.4. The first kappa shape index (κ1) is 62.1. The molecule has 0 bridgehead atoms. The molecule has 0 aromatic heterocycles. The van der Waals surface area contributed by atoms with Crippen molar-refractivity contribution in [1.29, 1.82) is 0 Å². The number of hydrogen-bond donors (Lipinski definition) is 4. The second-order valence-corrected chi connectivity index (χ2v) is 22.9. The van der Waals surface area contributed by atoms with Crippen molar-refractivity contribution in [3.63, 3.8) is 0 Å². The molecule has 4 N–H and O–H groups in total. The predicted molar refractivity (Wildman–Crippen MR) is 331 cm³/mol. The summed E-state index contributed by atoms with van der Waals surface area (Å²) in [5.41, 5.74) is 21.0. The maximum atomic E-state index is 10.4. The monoisotopic (exact) mass is 1250 g/mol. The van der Waals surface area contributed by atoms with E-state index < -0.39 is 18.5 Å². The molecule has 0 spiro atoms. The number of aryl methyl sites for hydroxylation is 8. The molecule has 8 aromatic carbocycles. The van der Waals surface area contributed by atoms with Crippen LogP contribution in [0.25, 0.3) is 44.5 Å². The van der Waals surface area contributed by atoms with Crippen molar-refractivity contribution in [3.8, 4) is 67.5 Å². The van der Waals surface area contributed by atoms with Crippen molar-refractivity contribution in [2.24, 2.45) is 30.8 Å². The molecule has 0 radical (unpaired) electrons. The molecule has 8 rings (SSSR count). The van der Waals surface area contributed by atoms with Gasteiger partial charge in [-0.3, -0.25) is 20.0 Å². The average molecular weight is 1250 g/mol. The van der Waals surface area contributed by atoms with Gasteiger partial charge in [0.15, 0.2) is 0 Å². The van der Waals surface area contributed by atoms with E-state index in [2.05, 4.69) is 176 Å². The van der Waals surface area contributed by atoms with E-state index in [1.165, 1.54) is 66.8 Å². The molecule has 0 heterocycles. The summed E-state index contributed by atoms with van der Waals surface area (Å²) in [7, 11) is 0. The van der Waals surface area contributed by atoms with Crippen LogP contribution in [0, 0.1) is 66.2 Å². The third kappa shape index (κ3) is 17.0. The van der Waals surface area contributed by atoms with Crippen LogP contribution >= 0.6 is 0 Å². The van der Waals surface area contributed by atoms with Crippen molar-refractivity contribution >= 4 is 24.9 Å². The van der Waals surface area contributed by atoms with E-state index in [1.807, 2.05) is 48.5 Å². The normalized spacial score (nSPS) is 11.8. The number of aliphatic imine (C=N–C) groups is 4. The van der Waals surface area contributed by atoms with Gasteiger partial charge in [0.2, 0.25) is 0 Å². The average Bonchev–Trinajstić information content (AvgIpc) is 3.40. The summed E-state index contributed by atoms with van der Waals surface area (Å²) < 4.78 is 17.1. The molecule has 0 amide bonds. The Bertz CT molecular complexity index is 3130. The fraction of sp³-hybridized carbons (Fsp3) is 0.257. The third-order valence-electron chi connectivity index (χ3n) is 14.2. The van der Waals surface area contributed by atoms with E-state index in [1.54, 1.807) is 49.1 Å². The topological polar surface area (TPSA) is 164 Å². The number of rotatable bonds is 16. The van der Waals surface area contributed by atoms with Crippen LogP contribution in [-0.2, 0) is 25.3 Å². The van der Waals surface area contributed by atoms with E-state index in [-0.39, 0.29) is 33.8 Å². The molecule has 0 saturated carbocycles. The van der Waals surface area contributed by atoms with E-state index in [9.17, 15) is 20.4 Å². The Morgan fingerprint density at radius 2 is 0.506 bits per heavy atom. The number of hydrogen-bond acceptors (Lipinski definition) is 10. The summed E-state index contributed by atoms with van der Waals surface area (Å²) in [5.74, 6) is 0.847. The van der Waals surface area contributed by atoms with Crippen LogP contribution in [0.1, 0.15) is 94.5 Å². The molecule has 8 aromatic rings. The Balaban J connectivity index is 0.000000249. The molecule has 0 aliphatic carbocycles. The second-order valence-electron chi connectivity index (χ2n) is 22.4. The molecule has 0 saturated heterocycles. The van der Waals surface area contributed by atoms with Crippen molar-refractivity contribution < 1.29 is 45.7 Å². The molecule has 0 atom stereocenters. The van der Waals surface area contributed by atoms with Crippen LogP contribution in [0.15, 0.2) is 166 Å². The molecular formula is C70H76N4O6W. The van der Waals surface area contributed by atoms with Gasteiger partial charge in [-0.15, -0.1) is 0 Å². The summed E-state index contributed by atoms with van der Waals surface area (Å²) in [5, 5.41) is 41.8. The zero-order chi connectivity index (χ0) is 59.0. The summed E-state index contributed by atoms with van der Waals surface area (Å²) >= 11 is -2.25. The summed E-state index contributed by atoms with van der Waals surface area (Å²) in [6.07, 6.45) is 6.99. The summed E-state index contributed by atoms with van der Waals surface area (Å²) in [6, 6.07) is 47.8. The predicted octanol–water partition coefficient (Wildman–Crippen LogP) is 16.2. The molecule has 0 fully saturated rings. The van der Waals surface area contributed by atoms with Crippen LogP contribution in [0.5, 0.6) is 23.0 Å². The minimum atomic E-state index is -2.25. The Labute approximate surface area is 487 Å². The Hall–Kier alpha value is -8.07. The van der Waals surface area contributed by atoms with Crippen molar-refractivity contribution in [2.75, 3.05) is 26.2 Å². The zero-order valence-electron chi connectivity index (χ0n) is 48.8. The van der Waals surface area contributed by atoms with Crippen LogP contribution in [-0.4, -0.2) is 71.5 Å². The van der Waals surface area contributed by atoms with Gasteiger partial charge in [0.25, 0.3) is 0 Å². The standard InChI is InChI=1S/2C35H38N2O2.2O.W/c2*1-23-9-7-10-24(2)33(23)27-13-15-31(38)29(17-27)19-36-21-35(5,6)22-37-20-30-18-28(14-16-32(30)39)34-25(3)11-8-12-26(34)4;;;/h2*7-20,38-39H,21-22H2,1-6H3;;;. The van der Waals surface area contributed by atoms with E-state index >= 15 is 0 Å². The van der Waals surface area contributed by atoms with Crippen LogP contribution in [0.3, 0.4) is 0 Å². The van der Waals surface area contributed by atoms with Crippen LogP contribution in [0.4, 0.5) is 0 Å². The first-order chi connectivity index (χ1) is 38.5. The Morgan fingerprint density at radius 3 is 0.679 bits per heavy atom. The number of nitrogens with zero attached hydrogens (tertiary/aromatic N) is 4. The van der Waals surface area contributed by atoms with Gasteiger partial charge < -0.3 is 20.4 Å².